The summed E-state index contributed by atoms with van der Waals surface area (Å²) in [4.78, 5) is 0. The lowest BCUT2D eigenvalue weighted by Gasteiger charge is -2.49. The third-order valence-electron chi connectivity index (χ3n) is 12.5. The van der Waals surface area contributed by atoms with Gasteiger partial charge in [-0.3, -0.25) is 0 Å². The van der Waals surface area contributed by atoms with Crippen LogP contribution >= 0.6 is 0 Å². The molecule has 6 aliphatic rings. The van der Waals surface area contributed by atoms with Crippen LogP contribution in [0.4, 0.5) is 0 Å². The van der Waals surface area contributed by atoms with Gasteiger partial charge in [0.1, 0.15) is 0 Å². The van der Waals surface area contributed by atoms with Crippen LogP contribution < -0.4 is 10.6 Å². The van der Waals surface area contributed by atoms with Crippen molar-refractivity contribution >= 4 is 0 Å². The normalized spacial score (nSPS) is 58.8. The fourth-order valence-electron chi connectivity index (χ4n) is 11.0. The topological polar surface area (TPSA) is 24.1 Å². The van der Waals surface area contributed by atoms with Crippen molar-refractivity contribution in [3.8, 4) is 0 Å². The van der Waals surface area contributed by atoms with Gasteiger partial charge < -0.3 is 10.6 Å². The molecular weight excluding hydrogens is 376 g/mol. The Labute approximate surface area is 192 Å². The number of nitrogens with one attached hydrogen (secondary N) is 2. The Bertz CT molecular complexity index is 593. The second-order valence-corrected chi connectivity index (χ2v) is 13.6. The maximum Gasteiger partial charge on any atom is 0.0101 e. The van der Waals surface area contributed by atoms with Gasteiger partial charge in [0.25, 0.3) is 0 Å². The van der Waals surface area contributed by atoms with Crippen molar-refractivity contribution < 1.29 is 0 Å². The van der Waals surface area contributed by atoms with E-state index in [1.165, 1.54) is 64.5 Å². The molecule has 0 radical (unpaired) electrons. The molecule has 176 valence electrons. The summed E-state index contributed by atoms with van der Waals surface area (Å²) in [6, 6.07) is 1.68. The predicted molar refractivity (Wildman–Crippen MR) is 130 cm³/mol. The molecule has 6 fully saturated rings. The lowest BCUT2D eigenvalue weighted by Crippen LogP contribution is -2.52. The standard InChI is InChI=1S/C29H50N2/c1-16-11-24-18(3)20-7-5-9-30-28(20)14-26(24)22(16)13-23-17(2)12-25-19(4)21-8-6-10-31-29(21)15-27(23)25/h16-31H,5-15H2,1-4H3. The molecule has 2 heterocycles. The molecule has 2 N–H and O–H groups in total. The lowest BCUT2D eigenvalue weighted by atomic mass is 9.60. The van der Waals surface area contributed by atoms with Crippen molar-refractivity contribution in [3.63, 3.8) is 0 Å². The van der Waals surface area contributed by atoms with Gasteiger partial charge in [-0.05, 0) is 142 Å². The van der Waals surface area contributed by atoms with E-state index in [-0.39, 0.29) is 0 Å². The largest absolute Gasteiger partial charge is 0.314 e. The fraction of sp³-hybridized carbons (Fsp3) is 1.00. The van der Waals surface area contributed by atoms with Crippen LogP contribution in [0.2, 0.25) is 0 Å². The van der Waals surface area contributed by atoms with Crippen LogP contribution in [0, 0.1) is 71.0 Å². The predicted octanol–water partition coefficient (Wildman–Crippen LogP) is 5.97. The summed E-state index contributed by atoms with van der Waals surface area (Å²) in [7, 11) is 0. The highest BCUT2D eigenvalue weighted by Crippen LogP contribution is 2.60. The van der Waals surface area contributed by atoms with Gasteiger partial charge in [-0.2, -0.15) is 0 Å². The van der Waals surface area contributed by atoms with E-state index >= 15 is 0 Å². The second-order valence-electron chi connectivity index (χ2n) is 13.6. The van der Waals surface area contributed by atoms with Crippen molar-refractivity contribution in [2.75, 3.05) is 13.1 Å². The van der Waals surface area contributed by atoms with Gasteiger partial charge in [0.2, 0.25) is 0 Å². The molecule has 0 aromatic rings. The molecule has 0 spiro atoms. The number of hydrogen-bond acceptors (Lipinski definition) is 2. The molecule has 14 atom stereocenters. The first-order valence-corrected chi connectivity index (χ1v) is 14.5. The third kappa shape index (κ3) is 3.48. The maximum atomic E-state index is 3.98. The average molecular weight is 427 g/mol. The molecule has 31 heavy (non-hydrogen) atoms. The number of rotatable bonds is 2. The Morgan fingerprint density at radius 2 is 1.00 bits per heavy atom. The Balaban J connectivity index is 1.20. The van der Waals surface area contributed by atoms with Crippen LogP contribution in [0.15, 0.2) is 0 Å². The molecular formula is C29H50N2. The molecule has 0 aromatic carbocycles. The lowest BCUT2D eigenvalue weighted by molar-refractivity contribution is 0.0262. The fourth-order valence-corrected chi connectivity index (χ4v) is 11.0. The summed E-state index contributed by atoms with van der Waals surface area (Å²) in [6.07, 6.45) is 13.5. The van der Waals surface area contributed by atoms with Gasteiger partial charge in [0.15, 0.2) is 0 Å². The van der Waals surface area contributed by atoms with Crippen molar-refractivity contribution in [2.45, 2.75) is 97.6 Å². The maximum absolute atomic E-state index is 3.98. The number of fused-ring (bicyclic) bond motifs is 4. The Kier molecular flexibility index (Phi) is 5.74. The van der Waals surface area contributed by atoms with Crippen LogP contribution in [0.5, 0.6) is 0 Å². The van der Waals surface area contributed by atoms with Gasteiger partial charge in [-0.15, -0.1) is 0 Å². The van der Waals surface area contributed by atoms with E-state index in [0.29, 0.717) is 0 Å². The molecule has 2 aliphatic heterocycles. The summed E-state index contributed by atoms with van der Waals surface area (Å²) in [5.41, 5.74) is 0. The summed E-state index contributed by atoms with van der Waals surface area (Å²) in [5, 5.41) is 7.95. The molecule has 14 unspecified atom stereocenters. The van der Waals surface area contributed by atoms with Gasteiger partial charge >= 0.3 is 0 Å². The van der Waals surface area contributed by atoms with Crippen LogP contribution in [-0.4, -0.2) is 25.2 Å². The zero-order valence-electron chi connectivity index (χ0n) is 20.9. The van der Waals surface area contributed by atoms with Crippen LogP contribution in [0.3, 0.4) is 0 Å². The van der Waals surface area contributed by atoms with Crippen molar-refractivity contribution in [1.82, 2.24) is 10.6 Å². The summed E-state index contributed by atoms with van der Waals surface area (Å²) in [5.74, 6) is 11.9. The highest BCUT2D eigenvalue weighted by Gasteiger charge is 2.55. The zero-order chi connectivity index (χ0) is 21.3. The molecule has 0 aromatic heterocycles. The summed E-state index contributed by atoms with van der Waals surface area (Å²) < 4.78 is 0. The first-order chi connectivity index (χ1) is 15.0. The summed E-state index contributed by atoms with van der Waals surface area (Å²) >= 11 is 0. The third-order valence-corrected chi connectivity index (χ3v) is 12.5. The highest BCUT2D eigenvalue weighted by atomic mass is 14.9. The molecule has 6 rings (SSSR count). The van der Waals surface area contributed by atoms with E-state index in [0.717, 1.165) is 83.1 Å². The van der Waals surface area contributed by atoms with Crippen molar-refractivity contribution in [3.05, 3.63) is 0 Å². The smallest absolute Gasteiger partial charge is 0.0101 e. The van der Waals surface area contributed by atoms with Gasteiger partial charge in [0, 0.05) is 12.1 Å². The Morgan fingerprint density at radius 1 is 0.548 bits per heavy atom. The second kappa shape index (κ2) is 8.30. The van der Waals surface area contributed by atoms with Crippen LogP contribution in [0.25, 0.3) is 0 Å². The van der Waals surface area contributed by atoms with E-state index in [4.69, 9.17) is 0 Å². The minimum absolute atomic E-state index is 0.841. The quantitative estimate of drug-likeness (QED) is 0.568. The molecule has 2 heteroatoms. The molecule has 4 saturated carbocycles. The Morgan fingerprint density at radius 3 is 1.45 bits per heavy atom. The average Bonchev–Trinajstić information content (AvgIpc) is 3.26. The van der Waals surface area contributed by atoms with Gasteiger partial charge in [0.05, 0.1) is 0 Å². The first-order valence-electron chi connectivity index (χ1n) is 14.5. The van der Waals surface area contributed by atoms with E-state index in [1.807, 2.05) is 0 Å². The molecule has 4 aliphatic carbocycles. The minimum atomic E-state index is 0.841. The summed E-state index contributed by atoms with van der Waals surface area (Å²) in [6.45, 7) is 13.1. The zero-order valence-corrected chi connectivity index (χ0v) is 20.9. The molecule has 0 amide bonds. The molecule has 0 bridgehead atoms. The number of hydrogen-bond donors (Lipinski definition) is 2. The number of piperidine rings is 2. The van der Waals surface area contributed by atoms with Crippen LogP contribution in [-0.2, 0) is 0 Å². The van der Waals surface area contributed by atoms with Crippen molar-refractivity contribution in [1.29, 1.82) is 0 Å². The van der Waals surface area contributed by atoms with E-state index in [1.54, 1.807) is 6.42 Å². The van der Waals surface area contributed by atoms with E-state index in [2.05, 4.69) is 38.3 Å². The minimum Gasteiger partial charge on any atom is -0.314 e. The van der Waals surface area contributed by atoms with E-state index in [9.17, 15) is 0 Å². The van der Waals surface area contributed by atoms with Gasteiger partial charge in [-0.25, -0.2) is 0 Å². The highest BCUT2D eigenvalue weighted by molar-refractivity contribution is 5.06. The monoisotopic (exact) mass is 426 g/mol. The van der Waals surface area contributed by atoms with Crippen molar-refractivity contribution in [2.24, 2.45) is 71.0 Å². The van der Waals surface area contributed by atoms with Gasteiger partial charge in [-0.1, -0.05) is 27.7 Å². The molecule has 2 nitrogen and oxygen atoms in total. The van der Waals surface area contributed by atoms with E-state index < -0.39 is 0 Å². The first kappa shape index (κ1) is 21.5. The SMILES string of the molecule is CC1CC2C(C)C3CCCNC3CC2C1CC1C(C)CC2C(C)C3CCCNC3CC12. The van der Waals surface area contributed by atoms with Crippen LogP contribution in [0.1, 0.15) is 85.5 Å². The Hall–Kier alpha value is -0.0800. The molecule has 2 saturated heterocycles.